The van der Waals surface area contributed by atoms with Gasteiger partial charge in [0, 0.05) is 22.5 Å². The number of anilines is 1. The third kappa shape index (κ3) is 4.46. The number of nitrogens with one attached hydrogen (secondary N) is 1. The molecule has 0 fully saturated rings. The highest BCUT2D eigenvalue weighted by atomic mass is 32.1. The molecule has 1 amide bonds. The lowest BCUT2D eigenvalue weighted by molar-refractivity contribution is -0.116. The quantitative estimate of drug-likeness (QED) is 0.580. The van der Waals surface area contributed by atoms with E-state index in [1.807, 2.05) is 53.9 Å². The van der Waals surface area contributed by atoms with Gasteiger partial charge in [0.05, 0.1) is 21.3 Å². The Morgan fingerprint density at radius 2 is 1.68 bits per heavy atom. The van der Waals surface area contributed by atoms with Crippen LogP contribution in [0.1, 0.15) is 12.0 Å². The van der Waals surface area contributed by atoms with Gasteiger partial charge in [-0.25, -0.2) is 0 Å². The SMILES string of the molecule is COc1cc(CCC(=O)Nc2ccccc2-c2cccs2)cc(OC)c1OC. The van der Waals surface area contributed by atoms with Crippen LogP contribution in [-0.4, -0.2) is 27.2 Å². The number of carbonyl (C=O) groups is 1. The summed E-state index contributed by atoms with van der Waals surface area (Å²) >= 11 is 1.65. The molecule has 0 aliphatic rings. The molecule has 0 bridgehead atoms. The maximum absolute atomic E-state index is 12.5. The van der Waals surface area contributed by atoms with Crippen LogP contribution in [0.15, 0.2) is 53.9 Å². The lowest BCUT2D eigenvalue weighted by Gasteiger charge is -2.14. The number of methoxy groups -OCH3 is 3. The zero-order valence-electron chi connectivity index (χ0n) is 16.2. The smallest absolute Gasteiger partial charge is 0.224 e. The lowest BCUT2D eigenvalue weighted by atomic mass is 10.1. The van der Waals surface area contributed by atoms with E-state index in [1.54, 1.807) is 32.7 Å². The van der Waals surface area contributed by atoms with Gasteiger partial charge in [0.1, 0.15) is 0 Å². The van der Waals surface area contributed by atoms with Gasteiger partial charge in [-0.3, -0.25) is 4.79 Å². The minimum absolute atomic E-state index is 0.0437. The average molecular weight is 397 g/mol. The minimum atomic E-state index is -0.0437. The number of benzene rings is 2. The van der Waals surface area contributed by atoms with Gasteiger partial charge in [0.15, 0.2) is 11.5 Å². The first-order valence-corrected chi connectivity index (χ1v) is 9.76. The first-order valence-electron chi connectivity index (χ1n) is 8.88. The molecule has 0 unspecified atom stereocenters. The molecule has 0 saturated heterocycles. The standard InChI is InChI=1S/C22H23NO4S/c1-25-18-13-15(14-19(26-2)22(18)27-3)10-11-21(24)23-17-8-5-4-7-16(17)20-9-6-12-28-20/h4-9,12-14H,10-11H2,1-3H3,(H,23,24). The molecule has 5 nitrogen and oxygen atoms in total. The van der Waals surface area contributed by atoms with E-state index in [-0.39, 0.29) is 5.91 Å². The fourth-order valence-electron chi connectivity index (χ4n) is 2.99. The van der Waals surface area contributed by atoms with Crippen LogP contribution in [-0.2, 0) is 11.2 Å². The first-order chi connectivity index (χ1) is 13.7. The van der Waals surface area contributed by atoms with E-state index in [4.69, 9.17) is 14.2 Å². The van der Waals surface area contributed by atoms with E-state index in [0.29, 0.717) is 30.1 Å². The Labute approximate surface area is 168 Å². The zero-order chi connectivity index (χ0) is 19.9. The summed E-state index contributed by atoms with van der Waals surface area (Å²) in [5.74, 6) is 1.67. The molecule has 0 atom stereocenters. The lowest BCUT2D eigenvalue weighted by Crippen LogP contribution is -2.13. The van der Waals surface area contributed by atoms with Crippen molar-refractivity contribution in [3.63, 3.8) is 0 Å². The summed E-state index contributed by atoms with van der Waals surface area (Å²) in [5.41, 5.74) is 2.79. The highest BCUT2D eigenvalue weighted by Crippen LogP contribution is 2.38. The Kier molecular flexibility index (Phi) is 6.55. The summed E-state index contributed by atoms with van der Waals surface area (Å²) < 4.78 is 16.1. The number of thiophene rings is 1. The fourth-order valence-corrected chi connectivity index (χ4v) is 3.75. The van der Waals surface area contributed by atoms with Gasteiger partial charge in [-0.1, -0.05) is 24.3 Å². The summed E-state index contributed by atoms with van der Waals surface area (Å²) in [4.78, 5) is 13.7. The Morgan fingerprint density at radius 1 is 0.964 bits per heavy atom. The maximum atomic E-state index is 12.5. The van der Waals surface area contributed by atoms with E-state index in [2.05, 4.69) is 5.32 Å². The Hall–Kier alpha value is -2.99. The zero-order valence-corrected chi connectivity index (χ0v) is 17.0. The molecule has 1 aromatic heterocycles. The van der Waals surface area contributed by atoms with E-state index in [1.165, 1.54) is 0 Å². The molecule has 28 heavy (non-hydrogen) atoms. The molecule has 0 saturated carbocycles. The van der Waals surface area contributed by atoms with Crippen LogP contribution in [0.2, 0.25) is 0 Å². The summed E-state index contributed by atoms with van der Waals surface area (Å²) in [6, 6.07) is 15.6. The number of amides is 1. The molecule has 0 aliphatic carbocycles. The second-order valence-electron chi connectivity index (χ2n) is 6.10. The minimum Gasteiger partial charge on any atom is -0.493 e. The third-order valence-corrected chi connectivity index (χ3v) is 5.26. The molecular formula is C22H23NO4S. The second kappa shape index (κ2) is 9.28. The number of para-hydroxylation sites is 1. The molecule has 3 aromatic rings. The molecule has 3 rings (SSSR count). The van der Waals surface area contributed by atoms with E-state index in [0.717, 1.165) is 21.7 Å². The number of aryl methyl sites for hydroxylation is 1. The van der Waals surface area contributed by atoms with Crippen LogP contribution in [0.5, 0.6) is 17.2 Å². The van der Waals surface area contributed by atoms with Gasteiger partial charge in [-0.2, -0.15) is 0 Å². The normalized spacial score (nSPS) is 10.4. The van der Waals surface area contributed by atoms with Crippen molar-refractivity contribution in [2.75, 3.05) is 26.6 Å². The molecule has 146 valence electrons. The number of rotatable bonds is 8. The summed E-state index contributed by atoms with van der Waals surface area (Å²) in [7, 11) is 4.73. The van der Waals surface area contributed by atoms with Crippen molar-refractivity contribution in [3.8, 4) is 27.7 Å². The summed E-state index contributed by atoms with van der Waals surface area (Å²) in [5, 5.41) is 5.06. The predicted octanol–water partition coefficient (Wildman–Crippen LogP) is 5.01. The monoisotopic (exact) mass is 397 g/mol. The van der Waals surface area contributed by atoms with Crippen LogP contribution >= 0.6 is 11.3 Å². The molecule has 0 radical (unpaired) electrons. The molecule has 0 spiro atoms. The Bertz CT molecular complexity index is 912. The third-order valence-electron chi connectivity index (χ3n) is 4.35. The van der Waals surface area contributed by atoms with Crippen molar-refractivity contribution >= 4 is 22.9 Å². The molecular weight excluding hydrogens is 374 g/mol. The highest BCUT2D eigenvalue weighted by Gasteiger charge is 2.14. The van der Waals surface area contributed by atoms with Gasteiger partial charge in [-0.05, 0) is 41.6 Å². The van der Waals surface area contributed by atoms with E-state index in [9.17, 15) is 4.79 Å². The van der Waals surface area contributed by atoms with Crippen LogP contribution in [0, 0.1) is 0 Å². The van der Waals surface area contributed by atoms with Crippen molar-refractivity contribution in [3.05, 3.63) is 59.5 Å². The number of hydrogen-bond donors (Lipinski definition) is 1. The van der Waals surface area contributed by atoms with Crippen molar-refractivity contribution in [1.29, 1.82) is 0 Å². The number of ether oxygens (including phenoxy) is 3. The van der Waals surface area contributed by atoms with Crippen molar-refractivity contribution in [2.45, 2.75) is 12.8 Å². The highest BCUT2D eigenvalue weighted by molar-refractivity contribution is 7.13. The van der Waals surface area contributed by atoms with Gasteiger partial charge >= 0.3 is 0 Å². The van der Waals surface area contributed by atoms with Gasteiger partial charge < -0.3 is 19.5 Å². The Morgan fingerprint density at radius 3 is 2.29 bits per heavy atom. The van der Waals surface area contributed by atoms with Crippen LogP contribution < -0.4 is 19.5 Å². The second-order valence-corrected chi connectivity index (χ2v) is 7.05. The average Bonchev–Trinajstić information content (AvgIpc) is 3.26. The van der Waals surface area contributed by atoms with Crippen LogP contribution in [0.25, 0.3) is 10.4 Å². The number of carbonyl (C=O) groups excluding carboxylic acids is 1. The number of hydrogen-bond acceptors (Lipinski definition) is 5. The van der Waals surface area contributed by atoms with Crippen molar-refractivity contribution < 1.29 is 19.0 Å². The van der Waals surface area contributed by atoms with Crippen molar-refractivity contribution in [2.24, 2.45) is 0 Å². The molecule has 1 N–H and O–H groups in total. The van der Waals surface area contributed by atoms with Gasteiger partial charge in [0.2, 0.25) is 11.7 Å². The molecule has 1 heterocycles. The van der Waals surface area contributed by atoms with E-state index < -0.39 is 0 Å². The topological polar surface area (TPSA) is 56.8 Å². The van der Waals surface area contributed by atoms with Crippen LogP contribution in [0.3, 0.4) is 0 Å². The fraction of sp³-hybridized carbons (Fsp3) is 0.227. The molecule has 2 aromatic carbocycles. The van der Waals surface area contributed by atoms with Gasteiger partial charge in [0.25, 0.3) is 0 Å². The molecule has 0 aliphatic heterocycles. The largest absolute Gasteiger partial charge is 0.493 e. The predicted molar refractivity (Wildman–Crippen MR) is 113 cm³/mol. The summed E-state index contributed by atoms with van der Waals surface area (Å²) in [6.45, 7) is 0. The van der Waals surface area contributed by atoms with Crippen molar-refractivity contribution in [1.82, 2.24) is 0 Å². The first kappa shape index (κ1) is 19.8. The molecule has 6 heteroatoms. The summed E-state index contributed by atoms with van der Waals surface area (Å²) in [6.07, 6.45) is 0.904. The Balaban J connectivity index is 1.71. The van der Waals surface area contributed by atoms with Crippen LogP contribution in [0.4, 0.5) is 5.69 Å². The van der Waals surface area contributed by atoms with Gasteiger partial charge in [-0.15, -0.1) is 11.3 Å². The van der Waals surface area contributed by atoms with E-state index >= 15 is 0 Å². The maximum Gasteiger partial charge on any atom is 0.224 e.